The molecule has 0 aliphatic rings. The van der Waals surface area contributed by atoms with Crippen LogP contribution in [-0.2, 0) is 6.54 Å². The molecule has 0 amide bonds. The first-order valence-electron chi connectivity index (χ1n) is 8.54. The van der Waals surface area contributed by atoms with Gasteiger partial charge in [-0.3, -0.25) is 4.90 Å². The molecule has 3 aromatic rings. The predicted molar refractivity (Wildman–Crippen MR) is 107 cm³/mol. The van der Waals surface area contributed by atoms with Crippen molar-refractivity contribution in [3.05, 3.63) is 66.2 Å². The Morgan fingerprint density at radius 3 is 2.65 bits per heavy atom. The molecule has 0 radical (unpaired) electrons. The lowest BCUT2D eigenvalue weighted by atomic mass is 10.2. The largest absolute Gasteiger partial charge is 0.496 e. The highest BCUT2D eigenvalue weighted by molar-refractivity contribution is 7.98. The van der Waals surface area contributed by atoms with Crippen LogP contribution in [0.25, 0.3) is 11.3 Å². The van der Waals surface area contributed by atoms with E-state index < -0.39 is 0 Å². The van der Waals surface area contributed by atoms with Gasteiger partial charge < -0.3 is 9.15 Å². The van der Waals surface area contributed by atoms with Crippen LogP contribution in [-0.4, -0.2) is 30.3 Å². The molecule has 1 atom stereocenters. The first-order valence-corrected chi connectivity index (χ1v) is 9.77. The van der Waals surface area contributed by atoms with E-state index >= 15 is 0 Å². The van der Waals surface area contributed by atoms with E-state index in [-0.39, 0.29) is 6.04 Å². The number of benzene rings is 2. The average Bonchev–Trinajstić information content (AvgIpc) is 3.18. The van der Waals surface area contributed by atoms with Crippen LogP contribution in [0.5, 0.6) is 5.75 Å². The molecule has 136 valence electrons. The number of hydrogen-bond donors (Lipinski definition) is 0. The van der Waals surface area contributed by atoms with E-state index in [1.165, 1.54) is 5.56 Å². The molecule has 5 heteroatoms. The summed E-state index contributed by atoms with van der Waals surface area (Å²) in [6.07, 6.45) is 3.85. The molecule has 0 aliphatic carbocycles. The summed E-state index contributed by atoms with van der Waals surface area (Å²) in [5.41, 5.74) is 2.24. The van der Waals surface area contributed by atoms with Crippen molar-refractivity contribution in [2.24, 2.45) is 0 Å². The van der Waals surface area contributed by atoms with Crippen LogP contribution in [0.1, 0.15) is 24.4 Å². The summed E-state index contributed by atoms with van der Waals surface area (Å²) in [5, 5.41) is 0. The van der Waals surface area contributed by atoms with Gasteiger partial charge in [-0.15, -0.1) is 11.8 Å². The summed E-state index contributed by atoms with van der Waals surface area (Å²) in [6.45, 7) is 2.89. The van der Waals surface area contributed by atoms with Crippen molar-refractivity contribution in [3.63, 3.8) is 0 Å². The summed E-state index contributed by atoms with van der Waals surface area (Å²) in [7, 11) is 3.79. The van der Waals surface area contributed by atoms with Gasteiger partial charge in [-0.05, 0) is 37.9 Å². The molecular formula is C21H24N2O2S. The Kier molecular flexibility index (Phi) is 6.01. The Bertz CT molecular complexity index is 848. The number of hydrogen-bond acceptors (Lipinski definition) is 5. The van der Waals surface area contributed by atoms with Crippen LogP contribution in [0.15, 0.2) is 64.0 Å². The molecule has 0 saturated carbocycles. The standard InChI is InChI=1S/C21H24N2O2S/c1-15(21-22-13-19(25-21)17-8-6-5-7-9-17)23(2)14-16-10-11-20(26-4)18(12-16)24-3/h5-13,15H,14H2,1-4H3. The monoisotopic (exact) mass is 368 g/mol. The molecule has 0 bridgehead atoms. The van der Waals surface area contributed by atoms with Crippen molar-refractivity contribution in [1.29, 1.82) is 0 Å². The second-order valence-electron chi connectivity index (χ2n) is 6.21. The first-order chi connectivity index (χ1) is 12.6. The van der Waals surface area contributed by atoms with Crippen LogP contribution in [0.3, 0.4) is 0 Å². The topological polar surface area (TPSA) is 38.5 Å². The van der Waals surface area contributed by atoms with E-state index in [2.05, 4.69) is 48.3 Å². The van der Waals surface area contributed by atoms with E-state index in [1.54, 1.807) is 25.1 Å². The quantitative estimate of drug-likeness (QED) is 0.532. The third kappa shape index (κ3) is 4.11. The van der Waals surface area contributed by atoms with E-state index in [0.717, 1.165) is 34.4 Å². The number of methoxy groups -OCH3 is 1. The lowest BCUT2D eigenvalue weighted by Crippen LogP contribution is -2.22. The first kappa shape index (κ1) is 18.5. The van der Waals surface area contributed by atoms with Crippen molar-refractivity contribution < 1.29 is 9.15 Å². The number of nitrogens with zero attached hydrogens (tertiary/aromatic N) is 2. The van der Waals surface area contributed by atoms with E-state index in [4.69, 9.17) is 9.15 Å². The SMILES string of the molecule is COc1cc(CN(C)C(C)c2ncc(-c3ccccc3)o2)ccc1SC. The minimum Gasteiger partial charge on any atom is -0.496 e. The minimum absolute atomic E-state index is 0.0682. The van der Waals surface area contributed by atoms with Gasteiger partial charge in [-0.2, -0.15) is 0 Å². The van der Waals surface area contributed by atoms with Crippen LogP contribution in [0.4, 0.5) is 0 Å². The predicted octanol–water partition coefficient (Wildman–Crippen LogP) is 5.27. The van der Waals surface area contributed by atoms with Crippen LogP contribution < -0.4 is 4.74 Å². The van der Waals surface area contributed by atoms with Gasteiger partial charge in [0.15, 0.2) is 5.76 Å². The zero-order chi connectivity index (χ0) is 18.5. The molecule has 1 heterocycles. The summed E-state index contributed by atoms with van der Waals surface area (Å²) in [5.74, 6) is 2.43. The fraction of sp³-hybridized carbons (Fsp3) is 0.286. The maximum atomic E-state index is 5.99. The van der Waals surface area contributed by atoms with E-state index in [0.29, 0.717) is 0 Å². The molecule has 26 heavy (non-hydrogen) atoms. The van der Waals surface area contributed by atoms with Crippen molar-refractivity contribution in [2.75, 3.05) is 20.4 Å². The molecule has 1 aromatic heterocycles. The van der Waals surface area contributed by atoms with E-state index in [9.17, 15) is 0 Å². The highest BCUT2D eigenvalue weighted by atomic mass is 32.2. The Labute approximate surface area is 159 Å². The molecule has 0 N–H and O–H groups in total. The second kappa shape index (κ2) is 8.43. The van der Waals surface area contributed by atoms with Crippen molar-refractivity contribution >= 4 is 11.8 Å². The average molecular weight is 369 g/mol. The molecule has 0 saturated heterocycles. The second-order valence-corrected chi connectivity index (χ2v) is 7.06. The molecule has 0 fully saturated rings. The number of thioether (sulfide) groups is 1. The van der Waals surface area contributed by atoms with Gasteiger partial charge in [0.2, 0.25) is 5.89 Å². The maximum Gasteiger partial charge on any atom is 0.211 e. The van der Waals surface area contributed by atoms with Gasteiger partial charge in [-0.25, -0.2) is 4.98 Å². The summed E-state index contributed by atoms with van der Waals surface area (Å²) >= 11 is 1.69. The number of ether oxygens (including phenoxy) is 1. The fourth-order valence-electron chi connectivity index (χ4n) is 2.81. The van der Waals surface area contributed by atoms with Gasteiger partial charge in [0.25, 0.3) is 0 Å². The zero-order valence-electron chi connectivity index (χ0n) is 15.6. The number of oxazole rings is 1. The third-order valence-corrected chi connectivity index (χ3v) is 5.26. The highest BCUT2D eigenvalue weighted by Crippen LogP contribution is 2.30. The fourth-order valence-corrected chi connectivity index (χ4v) is 3.36. The summed E-state index contributed by atoms with van der Waals surface area (Å²) in [4.78, 5) is 7.84. The van der Waals surface area contributed by atoms with Crippen LogP contribution >= 0.6 is 11.8 Å². The minimum atomic E-state index is 0.0682. The zero-order valence-corrected chi connectivity index (χ0v) is 16.4. The van der Waals surface area contributed by atoms with Crippen molar-refractivity contribution in [3.8, 4) is 17.1 Å². The Hall–Kier alpha value is -2.24. The molecule has 1 unspecified atom stereocenters. The summed E-state index contributed by atoms with van der Waals surface area (Å²) < 4.78 is 11.5. The Morgan fingerprint density at radius 2 is 1.96 bits per heavy atom. The Balaban J connectivity index is 1.72. The van der Waals surface area contributed by atoms with Crippen molar-refractivity contribution in [2.45, 2.75) is 24.4 Å². The smallest absolute Gasteiger partial charge is 0.211 e. The summed E-state index contributed by atoms with van der Waals surface area (Å²) in [6, 6.07) is 16.5. The maximum absolute atomic E-state index is 5.99. The van der Waals surface area contributed by atoms with Gasteiger partial charge in [0.1, 0.15) is 5.75 Å². The lowest BCUT2D eigenvalue weighted by molar-refractivity contribution is 0.218. The molecular weight excluding hydrogens is 344 g/mol. The normalized spacial score (nSPS) is 12.3. The number of rotatable bonds is 7. The highest BCUT2D eigenvalue weighted by Gasteiger charge is 2.18. The van der Waals surface area contributed by atoms with Gasteiger partial charge >= 0.3 is 0 Å². The Morgan fingerprint density at radius 1 is 1.19 bits per heavy atom. The van der Waals surface area contributed by atoms with Gasteiger partial charge in [0, 0.05) is 17.0 Å². The molecule has 4 nitrogen and oxygen atoms in total. The van der Waals surface area contributed by atoms with Gasteiger partial charge in [-0.1, -0.05) is 36.4 Å². The van der Waals surface area contributed by atoms with Crippen LogP contribution in [0, 0.1) is 0 Å². The van der Waals surface area contributed by atoms with E-state index in [1.807, 2.05) is 30.3 Å². The molecule has 0 spiro atoms. The van der Waals surface area contributed by atoms with Gasteiger partial charge in [0.05, 0.1) is 19.3 Å². The molecule has 0 aliphatic heterocycles. The lowest BCUT2D eigenvalue weighted by Gasteiger charge is -2.22. The molecule has 3 rings (SSSR count). The third-order valence-electron chi connectivity index (χ3n) is 4.48. The number of aromatic nitrogens is 1. The van der Waals surface area contributed by atoms with Crippen LogP contribution in [0.2, 0.25) is 0 Å². The van der Waals surface area contributed by atoms with Crippen molar-refractivity contribution in [1.82, 2.24) is 9.88 Å². The molecule has 2 aromatic carbocycles.